The molecule has 1 aromatic rings. The van der Waals surface area contributed by atoms with E-state index in [2.05, 4.69) is 19.0 Å². The van der Waals surface area contributed by atoms with Crippen molar-refractivity contribution in [2.24, 2.45) is 11.8 Å². The molecular formula is C21H29ClN2O4. The van der Waals surface area contributed by atoms with Gasteiger partial charge in [0, 0.05) is 37.3 Å². The SMILES string of the molecule is CO[C@@H]1C[C@H]2CN(C(=O)Cc3cc4c(cc3Cl)OCCO4)C[C@H]2C[C@H]1N(C)C. The van der Waals surface area contributed by atoms with Crippen LogP contribution in [0.5, 0.6) is 11.5 Å². The lowest BCUT2D eigenvalue weighted by Gasteiger charge is -2.40. The fourth-order valence-electron chi connectivity index (χ4n) is 4.91. The van der Waals surface area contributed by atoms with Gasteiger partial charge in [-0.05, 0) is 50.4 Å². The first-order valence-electron chi connectivity index (χ1n) is 10.0. The van der Waals surface area contributed by atoms with Crippen molar-refractivity contribution in [3.63, 3.8) is 0 Å². The van der Waals surface area contributed by atoms with Gasteiger partial charge in [0.2, 0.25) is 5.91 Å². The lowest BCUT2D eigenvalue weighted by Crippen LogP contribution is -2.47. The molecule has 0 radical (unpaired) electrons. The first kappa shape index (κ1) is 19.8. The van der Waals surface area contributed by atoms with Crippen LogP contribution in [-0.2, 0) is 16.0 Å². The van der Waals surface area contributed by atoms with Gasteiger partial charge in [0.15, 0.2) is 11.5 Å². The predicted molar refractivity (Wildman–Crippen MR) is 107 cm³/mol. The molecule has 2 heterocycles. The molecule has 0 bridgehead atoms. The van der Waals surface area contributed by atoms with Crippen LogP contribution in [0.4, 0.5) is 0 Å². The number of likely N-dealkylation sites (tertiary alicyclic amines) is 1. The van der Waals surface area contributed by atoms with Gasteiger partial charge in [-0.15, -0.1) is 0 Å². The van der Waals surface area contributed by atoms with Crippen molar-refractivity contribution < 1.29 is 19.0 Å². The number of carbonyl (C=O) groups is 1. The number of halogens is 1. The predicted octanol–water partition coefficient (Wildman–Crippen LogP) is 2.47. The Labute approximate surface area is 171 Å². The molecule has 1 saturated carbocycles. The average Bonchev–Trinajstić information content (AvgIpc) is 3.10. The third-order valence-corrected chi connectivity index (χ3v) is 6.81. The van der Waals surface area contributed by atoms with Gasteiger partial charge in [-0.3, -0.25) is 4.79 Å². The highest BCUT2D eigenvalue weighted by Gasteiger charge is 2.44. The van der Waals surface area contributed by atoms with Crippen molar-refractivity contribution in [2.75, 3.05) is 47.5 Å². The van der Waals surface area contributed by atoms with E-state index in [4.69, 9.17) is 25.8 Å². The van der Waals surface area contributed by atoms with Gasteiger partial charge in [0.1, 0.15) is 13.2 Å². The number of hydrogen-bond acceptors (Lipinski definition) is 5. The lowest BCUT2D eigenvalue weighted by molar-refractivity contribution is -0.129. The minimum absolute atomic E-state index is 0.128. The minimum atomic E-state index is 0.128. The maximum Gasteiger partial charge on any atom is 0.227 e. The first-order chi connectivity index (χ1) is 13.5. The molecule has 154 valence electrons. The number of benzene rings is 1. The Morgan fingerprint density at radius 1 is 1.18 bits per heavy atom. The molecule has 7 heteroatoms. The number of nitrogens with zero attached hydrogens (tertiary/aromatic N) is 2. The number of methoxy groups -OCH3 is 1. The number of ether oxygens (including phenoxy) is 3. The minimum Gasteiger partial charge on any atom is -0.486 e. The second-order valence-electron chi connectivity index (χ2n) is 8.36. The zero-order valence-electron chi connectivity index (χ0n) is 16.8. The summed E-state index contributed by atoms with van der Waals surface area (Å²) in [6.07, 6.45) is 2.61. The molecule has 0 spiro atoms. The van der Waals surface area contributed by atoms with Crippen LogP contribution in [0, 0.1) is 11.8 Å². The van der Waals surface area contributed by atoms with Crippen LogP contribution in [0.25, 0.3) is 0 Å². The largest absolute Gasteiger partial charge is 0.486 e. The number of carbonyl (C=O) groups excluding carboxylic acids is 1. The van der Waals surface area contributed by atoms with Crippen molar-refractivity contribution in [3.05, 3.63) is 22.7 Å². The summed E-state index contributed by atoms with van der Waals surface area (Å²) in [6.45, 7) is 2.68. The molecule has 0 N–H and O–H groups in total. The Balaban J connectivity index is 1.43. The Morgan fingerprint density at radius 3 is 2.46 bits per heavy atom. The molecule has 2 fully saturated rings. The summed E-state index contributed by atoms with van der Waals surface area (Å²) in [5.74, 6) is 2.51. The van der Waals surface area contributed by atoms with Gasteiger partial charge >= 0.3 is 0 Å². The summed E-state index contributed by atoms with van der Waals surface area (Å²) in [6, 6.07) is 4.02. The molecule has 0 unspecified atom stereocenters. The quantitative estimate of drug-likeness (QED) is 0.766. The molecule has 6 nitrogen and oxygen atoms in total. The van der Waals surface area contributed by atoms with E-state index in [1.807, 2.05) is 11.0 Å². The number of amides is 1. The monoisotopic (exact) mass is 408 g/mol. The highest BCUT2D eigenvalue weighted by molar-refractivity contribution is 6.31. The van der Waals surface area contributed by atoms with Crippen LogP contribution >= 0.6 is 11.6 Å². The van der Waals surface area contributed by atoms with Gasteiger partial charge in [0.05, 0.1) is 12.5 Å². The maximum atomic E-state index is 13.0. The van der Waals surface area contributed by atoms with Crippen molar-refractivity contribution in [3.8, 4) is 11.5 Å². The van der Waals surface area contributed by atoms with E-state index < -0.39 is 0 Å². The van der Waals surface area contributed by atoms with Crippen LogP contribution in [-0.4, -0.2) is 75.4 Å². The molecule has 4 rings (SSSR count). The Kier molecular flexibility index (Phi) is 5.72. The molecule has 0 aromatic heterocycles. The number of fused-ring (bicyclic) bond motifs is 2. The van der Waals surface area contributed by atoms with E-state index in [-0.39, 0.29) is 12.0 Å². The Morgan fingerprint density at radius 2 is 1.82 bits per heavy atom. The van der Waals surface area contributed by atoms with E-state index in [0.717, 1.165) is 31.5 Å². The molecular weight excluding hydrogens is 380 g/mol. The fourth-order valence-corrected chi connectivity index (χ4v) is 5.13. The third-order valence-electron chi connectivity index (χ3n) is 6.46. The fraction of sp³-hybridized carbons (Fsp3) is 0.667. The van der Waals surface area contributed by atoms with Crippen LogP contribution < -0.4 is 9.47 Å². The van der Waals surface area contributed by atoms with Crippen LogP contribution in [0.2, 0.25) is 5.02 Å². The van der Waals surface area contributed by atoms with Gasteiger partial charge in [-0.1, -0.05) is 11.6 Å². The van der Waals surface area contributed by atoms with Crippen molar-refractivity contribution in [1.29, 1.82) is 0 Å². The highest BCUT2D eigenvalue weighted by Crippen LogP contribution is 2.40. The Hall–Kier alpha value is -1.50. The van der Waals surface area contributed by atoms with Crippen LogP contribution in [0.3, 0.4) is 0 Å². The van der Waals surface area contributed by atoms with Crippen molar-refractivity contribution >= 4 is 17.5 Å². The first-order valence-corrected chi connectivity index (χ1v) is 10.4. The highest BCUT2D eigenvalue weighted by atomic mass is 35.5. The number of rotatable bonds is 4. The molecule has 1 amide bonds. The molecule has 4 atom stereocenters. The zero-order chi connectivity index (χ0) is 19.8. The Bertz CT molecular complexity index is 741. The maximum absolute atomic E-state index is 13.0. The summed E-state index contributed by atoms with van der Waals surface area (Å²) in [7, 11) is 6.01. The molecule has 1 aromatic carbocycles. The second kappa shape index (κ2) is 8.09. The summed E-state index contributed by atoms with van der Waals surface area (Å²) >= 11 is 6.40. The smallest absolute Gasteiger partial charge is 0.227 e. The topological polar surface area (TPSA) is 51.2 Å². The van der Waals surface area contributed by atoms with Crippen molar-refractivity contribution in [1.82, 2.24) is 9.80 Å². The molecule has 1 aliphatic carbocycles. The number of likely N-dealkylation sites (N-methyl/N-ethyl adjacent to an activating group) is 1. The molecule has 28 heavy (non-hydrogen) atoms. The summed E-state index contributed by atoms with van der Waals surface area (Å²) in [5.41, 5.74) is 0.798. The molecule has 1 saturated heterocycles. The van der Waals surface area contributed by atoms with E-state index >= 15 is 0 Å². The lowest BCUT2D eigenvalue weighted by atomic mass is 9.77. The van der Waals surface area contributed by atoms with E-state index in [1.54, 1.807) is 13.2 Å². The normalized spacial score (nSPS) is 29.1. The second-order valence-corrected chi connectivity index (χ2v) is 8.77. The third kappa shape index (κ3) is 3.82. The van der Waals surface area contributed by atoms with Crippen molar-refractivity contribution in [2.45, 2.75) is 31.4 Å². The zero-order valence-corrected chi connectivity index (χ0v) is 17.6. The van der Waals surface area contributed by atoms with Crippen LogP contribution in [0.15, 0.2) is 12.1 Å². The molecule has 2 aliphatic heterocycles. The van der Waals surface area contributed by atoms with E-state index in [9.17, 15) is 4.79 Å². The summed E-state index contributed by atoms with van der Waals surface area (Å²) in [4.78, 5) is 17.3. The van der Waals surface area contributed by atoms with Gasteiger partial charge < -0.3 is 24.0 Å². The van der Waals surface area contributed by atoms with E-state index in [0.29, 0.717) is 54.0 Å². The number of hydrogen-bond donors (Lipinski definition) is 0. The van der Waals surface area contributed by atoms with Gasteiger partial charge in [0.25, 0.3) is 0 Å². The summed E-state index contributed by atoms with van der Waals surface area (Å²) < 4.78 is 16.9. The molecule has 3 aliphatic rings. The summed E-state index contributed by atoms with van der Waals surface area (Å²) in [5, 5.41) is 0.557. The van der Waals surface area contributed by atoms with Gasteiger partial charge in [-0.2, -0.15) is 0 Å². The van der Waals surface area contributed by atoms with Crippen LogP contribution in [0.1, 0.15) is 18.4 Å². The standard InChI is InChI=1S/C21H29ClN2O4/c1-23(2)17-6-14-11-24(12-15(14)8-18(17)26-3)21(25)9-13-7-19-20(10-16(13)22)28-5-4-27-19/h7,10,14-15,17-18H,4-6,8-9,11-12H2,1-3H3/t14-,15+,17-,18-/m1/s1. The van der Waals surface area contributed by atoms with Gasteiger partial charge in [-0.25, -0.2) is 0 Å². The average molecular weight is 409 g/mol. The van der Waals surface area contributed by atoms with E-state index in [1.165, 1.54) is 0 Å².